The fraction of sp³-hybridized carbons (Fsp3) is 0.158. The van der Waals surface area contributed by atoms with Crippen LogP contribution in [-0.4, -0.2) is 24.6 Å². The maximum Gasteiger partial charge on any atom is 0.338 e. The third-order valence-electron chi connectivity index (χ3n) is 3.81. The van der Waals surface area contributed by atoms with Crippen molar-refractivity contribution in [2.24, 2.45) is 0 Å². The molecule has 0 saturated heterocycles. The lowest BCUT2D eigenvalue weighted by Gasteiger charge is -2.19. The average Bonchev–Trinajstić information content (AvgIpc) is 2.63. The van der Waals surface area contributed by atoms with Gasteiger partial charge in [-0.05, 0) is 43.3 Å². The van der Waals surface area contributed by atoms with Crippen LogP contribution >= 0.6 is 11.6 Å². The van der Waals surface area contributed by atoms with Crippen LogP contribution in [0.25, 0.3) is 6.08 Å². The summed E-state index contributed by atoms with van der Waals surface area (Å²) in [6.45, 7) is 1.25. The minimum Gasteiger partial charge on any atom is -0.488 e. The maximum absolute atomic E-state index is 13.6. The van der Waals surface area contributed by atoms with Crippen LogP contribution in [0.4, 0.5) is 14.5 Å². The molecule has 140 valence electrons. The number of ether oxygens (including phenoxy) is 2. The molecule has 1 amide bonds. The minimum atomic E-state index is -1.28. The standard InChI is InChI=1S/C19H14ClF2NO4/c1-10(18(24)23-17-14(21)3-2-4-15(17)22)27-19(25)12-7-11-8-13(20)5-6-16(11)26-9-12/h2-8,10H,9H2,1H3,(H,23,24). The number of carbonyl (C=O) groups is 2. The zero-order valence-electron chi connectivity index (χ0n) is 14.1. The first-order valence-electron chi connectivity index (χ1n) is 7.94. The molecule has 27 heavy (non-hydrogen) atoms. The molecule has 2 aromatic carbocycles. The second-order valence-corrected chi connectivity index (χ2v) is 6.21. The molecule has 0 saturated carbocycles. The van der Waals surface area contributed by atoms with Gasteiger partial charge in [0.2, 0.25) is 0 Å². The van der Waals surface area contributed by atoms with Gasteiger partial charge in [-0.3, -0.25) is 4.79 Å². The van der Waals surface area contributed by atoms with Crippen molar-refractivity contribution in [3.8, 4) is 5.75 Å². The zero-order valence-corrected chi connectivity index (χ0v) is 14.8. The van der Waals surface area contributed by atoms with Gasteiger partial charge in [-0.1, -0.05) is 17.7 Å². The van der Waals surface area contributed by atoms with E-state index in [1.807, 2.05) is 0 Å². The van der Waals surface area contributed by atoms with E-state index in [2.05, 4.69) is 5.32 Å². The maximum atomic E-state index is 13.6. The molecule has 3 rings (SSSR count). The topological polar surface area (TPSA) is 64.6 Å². The Balaban J connectivity index is 1.68. The summed E-state index contributed by atoms with van der Waals surface area (Å²) in [7, 11) is 0. The van der Waals surface area contributed by atoms with E-state index >= 15 is 0 Å². The predicted molar refractivity (Wildman–Crippen MR) is 95.5 cm³/mol. The molecule has 0 fully saturated rings. The number of fused-ring (bicyclic) bond motifs is 1. The summed E-state index contributed by atoms with van der Waals surface area (Å²) in [5.41, 5.74) is 0.182. The number of halogens is 3. The molecular weight excluding hydrogens is 380 g/mol. The summed E-state index contributed by atoms with van der Waals surface area (Å²) in [5, 5.41) is 2.55. The van der Waals surface area contributed by atoms with Gasteiger partial charge < -0.3 is 14.8 Å². The van der Waals surface area contributed by atoms with E-state index in [1.165, 1.54) is 13.0 Å². The number of nitrogens with one attached hydrogen (secondary N) is 1. The summed E-state index contributed by atoms with van der Waals surface area (Å²) >= 11 is 5.92. The third kappa shape index (κ3) is 4.25. The molecule has 5 nitrogen and oxygen atoms in total. The number of hydrogen-bond donors (Lipinski definition) is 1. The Labute approximate surface area is 158 Å². The van der Waals surface area contributed by atoms with Gasteiger partial charge in [-0.2, -0.15) is 0 Å². The Kier molecular flexibility index (Phi) is 5.41. The van der Waals surface area contributed by atoms with Crippen molar-refractivity contribution < 1.29 is 27.8 Å². The van der Waals surface area contributed by atoms with Gasteiger partial charge in [0, 0.05) is 10.6 Å². The number of carbonyl (C=O) groups excluding carboxylic acids is 2. The highest BCUT2D eigenvalue weighted by Gasteiger charge is 2.24. The fourth-order valence-corrected chi connectivity index (χ4v) is 2.58. The monoisotopic (exact) mass is 393 g/mol. The minimum absolute atomic E-state index is 0.0380. The molecule has 8 heteroatoms. The van der Waals surface area contributed by atoms with Crippen molar-refractivity contribution in [2.75, 3.05) is 11.9 Å². The Bertz CT molecular complexity index is 925. The highest BCUT2D eigenvalue weighted by Crippen LogP contribution is 2.29. The van der Waals surface area contributed by atoms with Crippen molar-refractivity contribution in [1.82, 2.24) is 0 Å². The summed E-state index contributed by atoms with van der Waals surface area (Å²) in [4.78, 5) is 24.4. The molecular formula is C19H14ClF2NO4. The lowest BCUT2D eigenvalue weighted by Crippen LogP contribution is -2.32. The van der Waals surface area contributed by atoms with Crippen molar-refractivity contribution in [2.45, 2.75) is 13.0 Å². The van der Waals surface area contributed by atoms with Gasteiger partial charge in [0.1, 0.15) is 29.7 Å². The van der Waals surface area contributed by atoms with Crippen molar-refractivity contribution >= 4 is 35.2 Å². The summed E-state index contributed by atoms with van der Waals surface area (Å²) in [5.74, 6) is -2.94. The zero-order chi connectivity index (χ0) is 19.6. The summed E-state index contributed by atoms with van der Waals surface area (Å²) in [6.07, 6.45) is 0.270. The van der Waals surface area contributed by atoms with Crippen LogP contribution in [0.15, 0.2) is 42.0 Å². The number of para-hydroxylation sites is 1. The molecule has 0 radical (unpaired) electrons. The smallest absolute Gasteiger partial charge is 0.338 e. The molecule has 1 atom stereocenters. The number of amides is 1. The predicted octanol–water partition coefficient (Wildman–Crippen LogP) is 3.96. The van der Waals surface area contributed by atoms with Crippen LogP contribution in [0, 0.1) is 11.6 Å². The lowest BCUT2D eigenvalue weighted by atomic mass is 10.1. The van der Waals surface area contributed by atoms with Crippen LogP contribution < -0.4 is 10.1 Å². The van der Waals surface area contributed by atoms with Gasteiger partial charge in [-0.25, -0.2) is 13.6 Å². The molecule has 1 aliphatic rings. The Morgan fingerprint density at radius 3 is 2.63 bits per heavy atom. The molecule has 1 heterocycles. The first-order valence-corrected chi connectivity index (χ1v) is 8.31. The highest BCUT2D eigenvalue weighted by atomic mass is 35.5. The second kappa shape index (κ2) is 7.75. The van der Waals surface area contributed by atoms with Crippen LogP contribution in [-0.2, 0) is 14.3 Å². The van der Waals surface area contributed by atoms with E-state index in [4.69, 9.17) is 21.1 Å². The van der Waals surface area contributed by atoms with E-state index in [9.17, 15) is 18.4 Å². The van der Waals surface area contributed by atoms with Crippen LogP contribution in [0.5, 0.6) is 5.75 Å². The number of esters is 1. The first-order chi connectivity index (χ1) is 12.8. The molecule has 2 aromatic rings. The van der Waals surface area contributed by atoms with Crippen LogP contribution in [0.1, 0.15) is 12.5 Å². The van der Waals surface area contributed by atoms with Crippen molar-refractivity contribution in [1.29, 1.82) is 0 Å². The van der Waals surface area contributed by atoms with Crippen LogP contribution in [0.3, 0.4) is 0 Å². The van der Waals surface area contributed by atoms with E-state index in [0.717, 1.165) is 12.1 Å². The van der Waals surface area contributed by atoms with Gasteiger partial charge in [0.15, 0.2) is 6.10 Å². The number of anilines is 1. The number of rotatable bonds is 4. The molecule has 0 aromatic heterocycles. The molecule has 0 aliphatic carbocycles. The molecule has 1 N–H and O–H groups in total. The van der Waals surface area contributed by atoms with Crippen molar-refractivity contribution in [3.63, 3.8) is 0 Å². The first kappa shape index (κ1) is 18.8. The van der Waals surface area contributed by atoms with E-state index in [0.29, 0.717) is 16.3 Å². The van der Waals surface area contributed by atoms with Crippen molar-refractivity contribution in [3.05, 3.63) is 64.2 Å². The average molecular weight is 394 g/mol. The Hall–Kier alpha value is -2.93. The summed E-state index contributed by atoms with van der Waals surface area (Å²) in [6, 6.07) is 8.13. The van der Waals surface area contributed by atoms with E-state index in [-0.39, 0.29) is 12.2 Å². The van der Waals surface area contributed by atoms with Crippen LogP contribution in [0.2, 0.25) is 5.02 Å². The number of hydrogen-bond acceptors (Lipinski definition) is 4. The molecule has 1 aliphatic heterocycles. The summed E-state index contributed by atoms with van der Waals surface area (Å²) < 4.78 is 37.7. The number of benzene rings is 2. The highest BCUT2D eigenvalue weighted by molar-refractivity contribution is 6.30. The Morgan fingerprint density at radius 2 is 1.93 bits per heavy atom. The van der Waals surface area contributed by atoms with E-state index in [1.54, 1.807) is 24.3 Å². The largest absolute Gasteiger partial charge is 0.488 e. The molecule has 1 unspecified atom stereocenters. The Morgan fingerprint density at radius 1 is 1.22 bits per heavy atom. The fourth-order valence-electron chi connectivity index (χ4n) is 2.40. The normalized spacial score (nSPS) is 13.7. The van der Waals surface area contributed by atoms with Gasteiger partial charge in [0.05, 0.1) is 5.57 Å². The van der Waals surface area contributed by atoms with Gasteiger partial charge >= 0.3 is 5.97 Å². The van der Waals surface area contributed by atoms with Gasteiger partial charge in [-0.15, -0.1) is 0 Å². The molecule has 0 spiro atoms. The lowest BCUT2D eigenvalue weighted by molar-refractivity contribution is -0.149. The quantitative estimate of drug-likeness (QED) is 0.798. The SMILES string of the molecule is CC(OC(=O)C1=Cc2cc(Cl)ccc2OC1)C(=O)Nc1c(F)cccc1F. The van der Waals surface area contributed by atoms with Gasteiger partial charge in [0.25, 0.3) is 5.91 Å². The third-order valence-corrected chi connectivity index (χ3v) is 4.05. The second-order valence-electron chi connectivity index (χ2n) is 5.77. The van der Waals surface area contributed by atoms with E-state index < -0.39 is 35.3 Å². The molecule has 0 bridgehead atoms.